The quantitative estimate of drug-likeness (QED) is 0.597. The predicted octanol–water partition coefficient (Wildman–Crippen LogP) is 3.88. The Morgan fingerprint density at radius 1 is 1.30 bits per heavy atom. The first-order chi connectivity index (χ1) is 14.6. The predicted molar refractivity (Wildman–Crippen MR) is 121 cm³/mol. The van der Waals surface area contributed by atoms with Crippen LogP contribution in [0.2, 0.25) is 0 Å². The van der Waals surface area contributed by atoms with Crippen LogP contribution in [0.15, 0.2) is 47.2 Å². The third kappa shape index (κ3) is 4.53. The highest BCUT2D eigenvalue weighted by Gasteiger charge is 2.24. The summed E-state index contributed by atoms with van der Waals surface area (Å²) in [6, 6.07) is 11.3. The van der Waals surface area contributed by atoms with Crippen molar-refractivity contribution in [1.29, 1.82) is 0 Å². The van der Waals surface area contributed by atoms with Crippen LogP contribution in [0.3, 0.4) is 0 Å². The summed E-state index contributed by atoms with van der Waals surface area (Å²) < 4.78 is 0. The van der Waals surface area contributed by atoms with Gasteiger partial charge >= 0.3 is 6.03 Å². The molecule has 1 saturated heterocycles. The number of hydrogen-bond acceptors (Lipinski definition) is 5. The number of thiophene rings is 1. The number of urea groups is 1. The molecule has 8 heteroatoms. The Balaban J connectivity index is 1.54. The minimum absolute atomic E-state index is 0.0717. The first-order valence-electron chi connectivity index (χ1n) is 9.53. The van der Waals surface area contributed by atoms with Crippen molar-refractivity contribution >= 4 is 45.4 Å². The number of aromatic nitrogens is 1. The number of terminal acetylenes is 1. The van der Waals surface area contributed by atoms with Crippen LogP contribution in [-0.4, -0.2) is 30.0 Å². The van der Waals surface area contributed by atoms with Crippen molar-refractivity contribution in [2.75, 3.05) is 22.9 Å². The van der Waals surface area contributed by atoms with E-state index in [9.17, 15) is 9.59 Å². The van der Waals surface area contributed by atoms with Gasteiger partial charge < -0.3 is 10.2 Å². The number of carbonyl (C=O) groups is 2. The van der Waals surface area contributed by atoms with E-state index in [1.165, 1.54) is 11.3 Å². The lowest BCUT2D eigenvalue weighted by atomic mass is 10.1. The average Bonchev–Trinajstić information content (AvgIpc) is 3.44. The van der Waals surface area contributed by atoms with Gasteiger partial charge in [0, 0.05) is 34.6 Å². The molecule has 0 bridgehead atoms. The molecule has 0 unspecified atom stereocenters. The van der Waals surface area contributed by atoms with Crippen molar-refractivity contribution < 1.29 is 9.59 Å². The van der Waals surface area contributed by atoms with Gasteiger partial charge in [-0.05, 0) is 36.1 Å². The molecular weight excluding hydrogens is 416 g/mol. The molecule has 3 amide bonds. The van der Waals surface area contributed by atoms with Crippen LogP contribution in [0, 0.1) is 12.3 Å². The van der Waals surface area contributed by atoms with Crippen LogP contribution < -0.4 is 15.1 Å². The number of benzene rings is 1. The first kappa shape index (κ1) is 20.1. The van der Waals surface area contributed by atoms with Crippen LogP contribution >= 0.6 is 22.7 Å². The number of hydrogen-bond donors (Lipinski definition) is 1. The average molecular weight is 437 g/mol. The number of amides is 3. The van der Waals surface area contributed by atoms with Crippen molar-refractivity contribution in [2.45, 2.75) is 19.4 Å². The molecule has 3 heterocycles. The van der Waals surface area contributed by atoms with E-state index < -0.39 is 0 Å². The molecular formula is C22H20N4O2S2. The van der Waals surface area contributed by atoms with Crippen LogP contribution in [0.5, 0.6) is 0 Å². The summed E-state index contributed by atoms with van der Waals surface area (Å²) in [6.07, 6.45) is 6.57. The monoisotopic (exact) mass is 436 g/mol. The van der Waals surface area contributed by atoms with E-state index >= 15 is 0 Å². The Bertz CT molecular complexity index is 1080. The molecule has 4 rings (SSSR count). The molecule has 0 atom stereocenters. The summed E-state index contributed by atoms with van der Waals surface area (Å²) >= 11 is 2.98. The number of nitrogens with one attached hydrogen (secondary N) is 1. The number of anilines is 2. The van der Waals surface area contributed by atoms with Crippen molar-refractivity contribution in [2.24, 2.45) is 0 Å². The van der Waals surface area contributed by atoms with E-state index in [1.807, 2.05) is 47.2 Å². The van der Waals surface area contributed by atoms with Crippen LogP contribution in [0.1, 0.15) is 22.6 Å². The van der Waals surface area contributed by atoms with Gasteiger partial charge in [0.05, 0.1) is 18.7 Å². The SMILES string of the molecule is C#Cc1cccc(N(Cc2cccs2)C(=O)Cc2csc(N3CCCNC3=O)n2)c1. The number of carbonyl (C=O) groups excluding carboxylic acids is 2. The lowest BCUT2D eigenvalue weighted by Crippen LogP contribution is -2.46. The summed E-state index contributed by atoms with van der Waals surface area (Å²) in [7, 11) is 0. The number of nitrogens with zero attached hydrogens (tertiary/aromatic N) is 3. The molecule has 3 aromatic rings. The topological polar surface area (TPSA) is 65.5 Å². The maximum absolute atomic E-state index is 13.2. The Morgan fingerprint density at radius 2 is 2.20 bits per heavy atom. The third-order valence-corrected chi connectivity index (χ3v) is 6.48. The maximum Gasteiger partial charge on any atom is 0.323 e. The molecule has 1 N–H and O–H groups in total. The molecule has 30 heavy (non-hydrogen) atoms. The minimum Gasteiger partial charge on any atom is -0.338 e. The second-order valence-corrected chi connectivity index (χ2v) is 8.66. The fraction of sp³-hybridized carbons (Fsp3) is 0.227. The first-order valence-corrected chi connectivity index (χ1v) is 11.3. The lowest BCUT2D eigenvalue weighted by Gasteiger charge is -2.24. The highest BCUT2D eigenvalue weighted by Crippen LogP contribution is 2.25. The summed E-state index contributed by atoms with van der Waals surface area (Å²) in [5.41, 5.74) is 2.14. The summed E-state index contributed by atoms with van der Waals surface area (Å²) in [4.78, 5) is 34.3. The van der Waals surface area contributed by atoms with E-state index in [1.54, 1.807) is 21.1 Å². The van der Waals surface area contributed by atoms with Gasteiger partial charge in [0.25, 0.3) is 0 Å². The van der Waals surface area contributed by atoms with E-state index in [0.717, 1.165) is 22.5 Å². The van der Waals surface area contributed by atoms with Crippen LogP contribution in [0.25, 0.3) is 0 Å². The Labute approximate surface area is 183 Å². The van der Waals surface area contributed by atoms with Gasteiger partial charge in [-0.2, -0.15) is 0 Å². The van der Waals surface area contributed by atoms with Gasteiger partial charge in [0.15, 0.2) is 5.13 Å². The highest BCUT2D eigenvalue weighted by atomic mass is 32.1. The smallest absolute Gasteiger partial charge is 0.323 e. The van der Waals surface area contributed by atoms with E-state index in [0.29, 0.717) is 30.5 Å². The fourth-order valence-corrected chi connectivity index (χ4v) is 4.75. The van der Waals surface area contributed by atoms with Gasteiger partial charge in [-0.15, -0.1) is 29.1 Å². The van der Waals surface area contributed by atoms with Gasteiger partial charge in [0.1, 0.15) is 0 Å². The summed E-state index contributed by atoms with van der Waals surface area (Å²) in [6.45, 7) is 1.78. The van der Waals surface area contributed by atoms with Crippen molar-refractivity contribution in [3.63, 3.8) is 0 Å². The zero-order valence-electron chi connectivity index (χ0n) is 16.2. The second kappa shape index (κ2) is 9.11. The fourth-order valence-electron chi connectivity index (χ4n) is 3.21. The van der Waals surface area contributed by atoms with E-state index in [2.05, 4.69) is 16.2 Å². The van der Waals surface area contributed by atoms with Crippen molar-refractivity contribution in [3.8, 4) is 12.3 Å². The summed E-state index contributed by atoms with van der Waals surface area (Å²) in [5.74, 6) is 2.55. The zero-order chi connectivity index (χ0) is 20.9. The maximum atomic E-state index is 13.2. The van der Waals surface area contributed by atoms with Gasteiger partial charge in [-0.25, -0.2) is 9.78 Å². The van der Waals surface area contributed by atoms with Crippen LogP contribution in [0.4, 0.5) is 15.6 Å². The largest absolute Gasteiger partial charge is 0.338 e. The molecule has 2 aromatic heterocycles. The number of rotatable bonds is 6. The second-order valence-electron chi connectivity index (χ2n) is 6.79. The highest BCUT2D eigenvalue weighted by molar-refractivity contribution is 7.14. The molecule has 1 aliphatic rings. The molecule has 1 fully saturated rings. The van der Waals surface area contributed by atoms with Crippen molar-refractivity contribution in [3.05, 3.63) is 63.3 Å². The van der Waals surface area contributed by atoms with Crippen molar-refractivity contribution in [1.82, 2.24) is 10.3 Å². The Kier molecular flexibility index (Phi) is 6.12. The molecule has 1 aromatic carbocycles. The normalized spacial score (nSPS) is 13.6. The minimum atomic E-state index is -0.140. The standard InChI is InChI=1S/C22H20N4O2S2/c1-2-16-6-3-7-18(12-16)26(14-19-8-4-11-29-19)20(27)13-17-15-30-22(24-17)25-10-5-9-23-21(25)28/h1,3-4,6-8,11-12,15H,5,9-10,13-14H2,(H,23,28). The molecule has 0 aliphatic carbocycles. The van der Waals surface area contributed by atoms with Gasteiger partial charge in [-0.3, -0.25) is 9.69 Å². The molecule has 0 spiro atoms. The lowest BCUT2D eigenvalue weighted by molar-refractivity contribution is -0.118. The zero-order valence-corrected chi connectivity index (χ0v) is 17.8. The Morgan fingerprint density at radius 3 is 2.97 bits per heavy atom. The van der Waals surface area contributed by atoms with Crippen LogP contribution in [-0.2, 0) is 17.8 Å². The molecule has 6 nitrogen and oxygen atoms in total. The molecule has 0 radical (unpaired) electrons. The van der Waals surface area contributed by atoms with Gasteiger partial charge in [-0.1, -0.05) is 18.1 Å². The van der Waals surface area contributed by atoms with Gasteiger partial charge in [0.2, 0.25) is 5.91 Å². The summed E-state index contributed by atoms with van der Waals surface area (Å²) in [5, 5.41) is 7.27. The molecule has 1 aliphatic heterocycles. The van der Waals surface area contributed by atoms with E-state index in [4.69, 9.17) is 6.42 Å². The Hall–Kier alpha value is -3.15. The third-order valence-electron chi connectivity index (χ3n) is 4.70. The number of thiazole rings is 1. The molecule has 0 saturated carbocycles. The molecule has 152 valence electrons. The van der Waals surface area contributed by atoms with E-state index in [-0.39, 0.29) is 18.4 Å².